The average Bonchev–Trinajstić information content (AvgIpc) is 2.67. The summed E-state index contributed by atoms with van der Waals surface area (Å²) < 4.78 is 5.31. The Hall–Kier alpha value is -0.970. The molecule has 0 bridgehead atoms. The Labute approximate surface area is 92.1 Å². The summed E-state index contributed by atoms with van der Waals surface area (Å²) >= 11 is 1.84. The van der Waals surface area contributed by atoms with Crippen molar-refractivity contribution in [1.29, 1.82) is 0 Å². The molecule has 2 heterocycles. The molecule has 1 unspecified atom stereocenters. The van der Waals surface area contributed by atoms with Crippen LogP contribution in [-0.4, -0.2) is 21.8 Å². The van der Waals surface area contributed by atoms with Gasteiger partial charge in [0, 0.05) is 0 Å². The molecule has 15 heavy (non-hydrogen) atoms. The minimum atomic E-state index is -0.869. The van der Waals surface area contributed by atoms with E-state index in [0.29, 0.717) is 16.8 Å². The second-order valence-corrected chi connectivity index (χ2v) is 4.91. The number of oxazole rings is 1. The van der Waals surface area contributed by atoms with Crippen LogP contribution in [0.2, 0.25) is 0 Å². The van der Waals surface area contributed by atoms with Crippen molar-refractivity contribution in [1.82, 2.24) is 4.98 Å². The van der Waals surface area contributed by atoms with E-state index in [1.807, 2.05) is 11.8 Å². The van der Waals surface area contributed by atoms with Gasteiger partial charge in [0.25, 0.3) is 0 Å². The normalized spacial score (nSPS) is 21.5. The van der Waals surface area contributed by atoms with Crippen molar-refractivity contribution in [3.63, 3.8) is 0 Å². The molecule has 1 fully saturated rings. The van der Waals surface area contributed by atoms with E-state index in [1.54, 1.807) is 0 Å². The number of carboxylic acids is 1. The number of nitrogens with zero attached hydrogens (tertiary/aromatic N) is 1. The van der Waals surface area contributed by atoms with Gasteiger partial charge < -0.3 is 9.52 Å². The maximum atomic E-state index is 10.5. The van der Waals surface area contributed by atoms with E-state index in [0.717, 1.165) is 12.2 Å². The van der Waals surface area contributed by atoms with Crippen molar-refractivity contribution >= 4 is 17.7 Å². The number of thioether (sulfide) groups is 1. The fraction of sp³-hybridized carbons (Fsp3) is 0.600. The topological polar surface area (TPSA) is 63.3 Å². The standard InChI is InChI=1S/C10H13NO3S/c12-9(13)5-7-6-14-10(11-7)8-3-1-2-4-15-8/h6,8H,1-5H2,(H,12,13). The summed E-state index contributed by atoms with van der Waals surface area (Å²) in [6.45, 7) is 0. The van der Waals surface area contributed by atoms with Crippen molar-refractivity contribution in [2.45, 2.75) is 30.9 Å². The number of aliphatic carboxylic acids is 1. The average molecular weight is 227 g/mol. The highest BCUT2D eigenvalue weighted by molar-refractivity contribution is 7.99. The summed E-state index contributed by atoms with van der Waals surface area (Å²) in [6, 6.07) is 0. The van der Waals surface area contributed by atoms with Gasteiger partial charge in [-0.1, -0.05) is 6.42 Å². The zero-order chi connectivity index (χ0) is 10.7. The van der Waals surface area contributed by atoms with Gasteiger partial charge in [-0.05, 0) is 18.6 Å². The Bertz CT molecular complexity index is 344. The van der Waals surface area contributed by atoms with Gasteiger partial charge >= 0.3 is 5.97 Å². The molecule has 0 amide bonds. The quantitative estimate of drug-likeness (QED) is 0.858. The Morgan fingerprint density at radius 2 is 2.53 bits per heavy atom. The molecule has 4 nitrogen and oxygen atoms in total. The molecular weight excluding hydrogens is 214 g/mol. The molecule has 5 heteroatoms. The molecule has 0 aromatic carbocycles. The van der Waals surface area contributed by atoms with E-state index in [1.165, 1.54) is 19.1 Å². The summed E-state index contributed by atoms with van der Waals surface area (Å²) in [5.74, 6) is 0.962. The second-order valence-electron chi connectivity index (χ2n) is 3.60. The highest BCUT2D eigenvalue weighted by Crippen LogP contribution is 2.37. The molecule has 1 atom stereocenters. The SMILES string of the molecule is O=C(O)Cc1coc(C2CCCCS2)n1. The first-order valence-electron chi connectivity index (χ1n) is 5.03. The van der Waals surface area contributed by atoms with Gasteiger partial charge in [-0.2, -0.15) is 0 Å². The third-order valence-electron chi connectivity index (χ3n) is 2.36. The molecule has 0 radical (unpaired) electrons. The van der Waals surface area contributed by atoms with E-state index in [-0.39, 0.29) is 6.42 Å². The third kappa shape index (κ3) is 2.75. The van der Waals surface area contributed by atoms with Crippen LogP contribution in [0.3, 0.4) is 0 Å². The lowest BCUT2D eigenvalue weighted by Crippen LogP contribution is -2.04. The fourth-order valence-electron chi connectivity index (χ4n) is 1.64. The van der Waals surface area contributed by atoms with E-state index >= 15 is 0 Å². The molecule has 1 saturated heterocycles. The van der Waals surface area contributed by atoms with Crippen molar-refractivity contribution < 1.29 is 14.3 Å². The molecule has 1 aromatic rings. The van der Waals surface area contributed by atoms with Crippen LogP contribution < -0.4 is 0 Å². The van der Waals surface area contributed by atoms with Crippen LogP contribution in [0, 0.1) is 0 Å². The first kappa shape index (κ1) is 10.5. The van der Waals surface area contributed by atoms with Crippen LogP contribution >= 0.6 is 11.8 Å². The lowest BCUT2D eigenvalue weighted by atomic mass is 10.2. The van der Waals surface area contributed by atoms with Gasteiger partial charge in [-0.3, -0.25) is 4.79 Å². The number of carboxylic acid groups (broad SMARTS) is 1. The van der Waals surface area contributed by atoms with Crippen LogP contribution in [0.1, 0.15) is 36.1 Å². The van der Waals surface area contributed by atoms with Gasteiger partial charge in [-0.15, -0.1) is 11.8 Å². The van der Waals surface area contributed by atoms with Crippen LogP contribution in [0.5, 0.6) is 0 Å². The van der Waals surface area contributed by atoms with Crippen molar-refractivity contribution in [2.24, 2.45) is 0 Å². The zero-order valence-electron chi connectivity index (χ0n) is 8.31. The monoisotopic (exact) mass is 227 g/mol. The lowest BCUT2D eigenvalue weighted by molar-refractivity contribution is -0.136. The highest BCUT2D eigenvalue weighted by Gasteiger charge is 2.21. The summed E-state index contributed by atoms with van der Waals surface area (Å²) in [5.41, 5.74) is 0.517. The molecule has 1 N–H and O–H groups in total. The fourth-order valence-corrected chi connectivity index (χ4v) is 2.88. The first-order chi connectivity index (χ1) is 7.25. The minimum Gasteiger partial charge on any atom is -0.481 e. The second kappa shape index (κ2) is 4.70. The minimum absolute atomic E-state index is 0.0547. The van der Waals surface area contributed by atoms with Crippen LogP contribution in [0.4, 0.5) is 0 Å². The molecule has 0 spiro atoms. The van der Waals surface area contributed by atoms with Gasteiger partial charge in [0.05, 0.1) is 17.4 Å². The van der Waals surface area contributed by atoms with Crippen molar-refractivity contribution in [3.05, 3.63) is 17.8 Å². The molecule has 0 aliphatic carbocycles. The highest BCUT2D eigenvalue weighted by atomic mass is 32.2. The van der Waals surface area contributed by atoms with E-state index in [9.17, 15) is 4.79 Å². The zero-order valence-corrected chi connectivity index (χ0v) is 9.13. The number of rotatable bonds is 3. The predicted molar refractivity (Wildman–Crippen MR) is 56.9 cm³/mol. The molecule has 1 aliphatic rings. The Morgan fingerprint density at radius 1 is 1.67 bits per heavy atom. The smallest absolute Gasteiger partial charge is 0.309 e. The van der Waals surface area contributed by atoms with Gasteiger partial charge in [0.1, 0.15) is 6.26 Å². The third-order valence-corrected chi connectivity index (χ3v) is 3.72. The van der Waals surface area contributed by atoms with Crippen LogP contribution in [0.15, 0.2) is 10.7 Å². The first-order valence-corrected chi connectivity index (χ1v) is 6.08. The number of hydrogen-bond acceptors (Lipinski definition) is 4. The summed E-state index contributed by atoms with van der Waals surface area (Å²) in [7, 11) is 0. The number of hydrogen-bond donors (Lipinski definition) is 1. The molecule has 0 saturated carbocycles. The van der Waals surface area contributed by atoms with Crippen LogP contribution in [0.25, 0.3) is 0 Å². The molecule has 1 aromatic heterocycles. The Morgan fingerprint density at radius 3 is 3.20 bits per heavy atom. The van der Waals surface area contributed by atoms with Gasteiger partial charge in [0.15, 0.2) is 0 Å². The van der Waals surface area contributed by atoms with E-state index < -0.39 is 5.97 Å². The summed E-state index contributed by atoms with van der Waals surface area (Å²) in [5, 5.41) is 8.92. The Balaban J connectivity index is 2.02. The van der Waals surface area contributed by atoms with Crippen LogP contribution in [-0.2, 0) is 11.2 Å². The molecular formula is C10H13NO3S. The largest absolute Gasteiger partial charge is 0.481 e. The maximum Gasteiger partial charge on any atom is 0.309 e. The maximum absolute atomic E-state index is 10.5. The summed E-state index contributed by atoms with van der Waals surface area (Å²) in [6.07, 6.45) is 4.94. The Kier molecular flexibility index (Phi) is 3.30. The van der Waals surface area contributed by atoms with Gasteiger partial charge in [0.2, 0.25) is 5.89 Å². The number of carbonyl (C=O) groups is 1. The van der Waals surface area contributed by atoms with Crippen molar-refractivity contribution in [3.8, 4) is 0 Å². The predicted octanol–water partition coefficient (Wildman–Crippen LogP) is 2.26. The lowest BCUT2D eigenvalue weighted by Gasteiger charge is -2.17. The van der Waals surface area contributed by atoms with E-state index in [2.05, 4.69) is 4.98 Å². The van der Waals surface area contributed by atoms with E-state index in [4.69, 9.17) is 9.52 Å². The summed E-state index contributed by atoms with van der Waals surface area (Å²) in [4.78, 5) is 14.7. The molecule has 1 aliphatic heterocycles. The number of aromatic nitrogens is 1. The van der Waals surface area contributed by atoms with Gasteiger partial charge in [-0.25, -0.2) is 4.98 Å². The van der Waals surface area contributed by atoms with Crippen molar-refractivity contribution in [2.75, 3.05) is 5.75 Å². The molecule has 2 rings (SSSR count). The molecule has 82 valence electrons.